The average Bonchev–Trinajstić information content (AvgIpc) is 2.57. The van der Waals surface area contributed by atoms with Crippen LogP contribution in [0.5, 0.6) is 0 Å². The van der Waals surface area contributed by atoms with E-state index in [2.05, 4.69) is 26.2 Å². The van der Waals surface area contributed by atoms with E-state index < -0.39 is 5.82 Å². The molecule has 0 radical (unpaired) electrons. The molecular weight excluding hydrogens is 349 g/mol. The number of pyridine rings is 1. The van der Waals surface area contributed by atoms with Crippen LogP contribution in [-0.2, 0) is 0 Å². The van der Waals surface area contributed by atoms with Gasteiger partial charge in [0.15, 0.2) is 0 Å². The topological polar surface area (TPSA) is 45.2 Å². The summed E-state index contributed by atoms with van der Waals surface area (Å²) in [5.41, 5.74) is 1.03. The number of benzene rings is 1. The van der Waals surface area contributed by atoms with Crippen LogP contribution < -0.4 is 5.32 Å². The second-order valence-electron chi connectivity index (χ2n) is 5.13. The molecule has 114 valence electrons. The zero-order valence-corrected chi connectivity index (χ0v) is 13.4. The van der Waals surface area contributed by atoms with Gasteiger partial charge in [0.25, 0.3) is 5.91 Å². The van der Waals surface area contributed by atoms with Crippen LogP contribution in [0.15, 0.2) is 47.2 Å². The zero-order valence-electron chi connectivity index (χ0n) is 11.8. The monoisotopic (exact) mass is 363 g/mol. The van der Waals surface area contributed by atoms with E-state index >= 15 is 0 Å². The molecule has 1 aromatic heterocycles. The fourth-order valence-corrected chi connectivity index (χ4v) is 3.00. The summed E-state index contributed by atoms with van der Waals surface area (Å²) in [6.07, 6.45) is 3.44. The molecule has 1 unspecified atom stereocenters. The lowest BCUT2D eigenvalue weighted by Gasteiger charge is -2.36. The van der Waals surface area contributed by atoms with Gasteiger partial charge in [0.05, 0.1) is 11.6 Å². The minimum absolute atomic E-state index is 0.0881. The van der Waals surface area contributed by atoms with E-state index in [9.17, 15) is 9.18 Å². The van der Waals surface area contributed by atoms with Crippen LogP contribution >= 0.6 is 15.9 Å². The molecule has 0 bridgehead atoms. The third-order valence-electron chi connectivity index (χ3n) is 3.73. The highest BCUT2D eigenvalue weighted by Crippen LogP contribution is 2.25. The number of carbonyl (C=O) groups excluding carboxylic acids is 1. The molecule has 1 aliphatic rings. The van der Waals surface area contributed by atoms with Gasteiger partial charge in [-0.2, -0.15) is 0 Å². The van der Waals surface area contributed by atoms with Gasteiger partial charge < -0.3 is 10.2 Å². The van der Waals surface area contributed by atoms with Crippen LogP contribution in [0.4, 0.5) is 4.39 Å². The van der Waals surface area contributed by atoms with Crippen molar-refractivity contribution in [1.29, 1.82) is 0 Å². The molecular formula is C16H15BrFN3O. The summed E-state index contributed by atoms with van der Waals surface area (Å²) in [7, 11) is 0. The predicted octanol–water partition coefficient (Wildman–Crippen LogP) is 2.77. The Kier molecular flexibility index (Phi) is 4.49. The molecule has 2 heterocycles. The first-order valence-electron chi connectivity index (χ1n) is 7.03. The summed E-state index contributed by atoms with van der Waals surface area (Å²) in [5, 5.41) is 3.27. The van der Waals surface area contributed by atoms with Crippen molar-refractivity contribution in [2.24, 2.45) is 0 Å². The highest BCUT2D eigenvalue weighted by atomic mass is 79.9. The minimum Gasteiger partial charge on any atom is -0.329 e. The van der Waals surface area contributed by atoms with E-state index in [-0.39, 0.29) is 17.5 Å². The molecule has 4 nitrogen and oxygen atoms in total. The molecule has 0 aliphatic carbocycles. The smallest absolute Gasteiger partial charge is 0.257 e. The Balaban J connectivity index is 1.93. The molecule has 1 N–H and O–H groups in total. The fraction of sp³-hybridized carbons (Fsp3) is 0.250. The van der Waals surface area contributed by atoms with Gasteiger partial charge in [-0.15, -0.1) is 0 Å². The summed E-state index contributed by atoms with van der Waals surface area (Å²) in [6.45, 7) is 1.86. The van der Waals surface area contributed by atoms with Crippen molar-refractivity contribution in [1.82, 2.24) is 15.2 Å². The average molecular weight is 364 g/mol. The number of amides is 1. The maximum atomic E-state index is 14.0. The van der Waals surface area contributed by atoms with Crippen molar-refractivity contribution in [3.8, 4) is 0 Å². The van der Waals surface area contributed by atoms with Gasteiger partial charge in [0, 0.05) is 36.5 Å². The summed E-state index contributed by atoms with van der Waals surface area (Å²) < 4.78 is 14.7. The molecule has 0 saturated carbocycles. The molecule has 1 fully saturated rings. The normalized spacial score (nSPS) is 18.3. The molecule has 22 heavy (non-hydrogen) atoms. The highest BCUT2D eigenvalue weighted by molar-refractivity contribution is 9.10. The first-order chi connectivity index (χ1) is 10.7. The number of hydrogen-bond donors (Lipinski definition) is 1. The third-order valence-corrected chi connectivity index (χ3v) is 4.23. The fourth-order valence-electron chi connectivity index (χ4n) is 2.63. The van der Waals surface area contributed by atoms with Crippen molar-refractivity contribution in [2.45, 2.75) is 6.04 Å². The summed E-state index contributed by atoms with van der Waals surface area (Å²) >= 11 is 3.29. The second-order valence-corrected chi connectivity index (χ2v) is 6.04. The van der Waals surface area contributed by atoms with Crippen LogP contribution in [0, 0.1) is 5.82 Å². The van der Waals surface area contributed by atoms with Crippen LogP contribution in [-0.4, -0.2) is 35.4 Å². The number of nitrogens with zero attached hydrogens (tertiary/aromatic N) is 2. The number of aromatic nitrogens is 1. The van der Waals surface area contributed by atoms with Crippen LogP contribution in [0.1, 0.15) is 22.0 Å². The van der Waals surface area contributed by atoms with E-state index in [1.807, 2.05) is 12.1 Å². The van der Waals surface area contributed by atoms with E-state index in [0.29, 0.717) is 24.1 Å². The van der Waals surface area contributed by atoms with Crippen molar-refractivity contribution in [2.75, 3.05) is 19.6 Å². The number of hydrogen-bond acceptors (Lipinski definition) is 3. The van der Waals surface area contributed by atoms with E-state index in [1.54, 1.807) is 23.4 Å². The molecule has 3 rings (SSSR count). The molecule has 1 aromatic carbocycles. The summed E-state index contributed by atoms with van der Waals surface area (Å²) in [4.78, 5) is 18.6. The molecule has 1 amide bonds. The Labute approximate surface area is 136 Å². The second kappa shape index (κ2) is 6.54. The summed E-state index contributed by atoms with van der Waals surface area (Å²) in [5.74, 6) is -0.800. The summed E-state index contributed by atoms with van der Waals surface area (Å²) in [6, 6.07) is 8.04. The number of piperazine rings is 1. The number of carbonyl (C=O) groups is 1. The van der Waals surface area contributed by atoms with Crippen LogP contribution in [0.3, 0.4) is 0 Å². The van der Waals surface area contributed by atoms with Crippen molar-refractivity contribution in [3.05, 3.63) is 64.1 Å². The largest absolute Gasteiger partial charge is 0.329 e. The molecule has 1 saturated heterocycles. The van der Waals surface area contributed by atoms with Gasteiger partial charge in [-0.3, -0.25) is 9.78 Å². The van der Waals surface area contributed by atoms with E-state index in [1.165, 1.54) is 12.1 Å². The number of halogens is 2. The standard InChI is InChI=1S/C16H15BrFN3O/c17-12-3-4-14(18)13(8-12)16(22)21-7-6-20-10-15(21)11-2-1-5-19-9-11/h1-5,8-9,15,20H,6-7,10H2. The molecule has 0 spiro atoms. The van der Waals surface area contributed by atoms with E-state index in [4.69, 9.17) is 0 Å². The van der Waals surface area contributed by atoms with Gasteiger partial charge in [0.2, 0.25) is 0 Å². The Morgan fingerprint density at radius 3 is 3.05 bits per heavy atom. The lowest BCUT2D eigenvalue weighted by molar-refractivity contribution is 0.0629. The Bertz CT molecular complexity index is 680. The lowest BCUT2D eigenvalue weighted by atomic mass is 10.0. The predicted molar refractivity (Wildman–Crippen MR) is 85.0 cm³/mol. The maximum absolute atomic E-state index is 14.0. The highest BCUT2D eigenvalue weighted by Gasteiger charge is 2.30. The molecule has 1 atom stereocenters. The van der Waals surface area contributed by atoms with Gasteiger partial charge in [-0.1, -0.05) is 22.0 Å². The van der Waals surface area contributed by atoms with Crippen LogP contribution in [0.2, 0.25) is 0 Å². The number of nitrogens with one attached hydrogen (secondary N) is 1. The zero-order chi connectivity index (χ0) is 15.5. The third kappa shape index (κ3) is 3.03. The number of rotatable bonds is 2. The minimum atomic E-state index is -0.503. The molecule has 1 aliphatic heterocycles. The first-order valence-corrected chi connectivity index (χ1v) is 7.83. The SMILES string of the molecule is O=C(c1cc(Br)ccc1F)N1CCNCC1c1cccnc1. The van der Waals surface area contributed by atoms with Gasteiger partial charge in [-0.05, 0) is 29.8 Å². The van der Waals surface area contributed by atoms with Crippen LogP contribution in [0.25, 0.3) is 0 Å². The Hall–Kier alpha value is -1.79. The first kappa shape index (κ1) is 15.1. The molecule has 6 heteroatoms. The van der Waals surface area contributed by atoms with Crippen molar-refractivity contribution in [3.63, 3.8) is 0 Å². The quantitative estimate of drug-likeness (QED) is 0.892. The van der Waals surface area contributed by atoms with Gasteiger partial charge >= 0.3 is 0 Å². The molecule has 2 aromatic rings. The van der Waals surface area contributed by atoms with Crippen molar-refractivity contribution < 1.29 is 9.18 Å². The lowest BCUT2D eigenvalue weighted by Crippen LogP contribution is -2.48. The maximum Gasteiger partial charge on any atom is 0.257 e. The Morgan fingerprint density at radius 2 is 2.27 bits per heavy atom. The van der Waals surface area contributed by atoms with Crippen molar-refractivity contribution >= 4 is 21.8 Å². The Morgan fingerprint density at radius 1 is 1.41 bits per heavy atom. The van der Waals surface area contributed by atoms with Gasteiger partial charge in [0.1, 0.15) is 5.82 Å². The van der Waals surface area contributed by atoms with Gasteiger partial charge in [-0.25, -0.2) is 4.39 Å². The van der Waals surface area contributed by atoms with E-state index in [0.717, 1.165) is 5.56 Å².